The Morgan fingerprint density at radius 3 is 2.57 bits per heavy atom. The fraction of sp³-hybridized carbons (Fsp3) is 0.450. The van der Waals surface area contributed by atoms with Crippen molar-refractivity contribution in [3.8, 4) is 0 Å². The molecule has 0 unspecified atom stereocenters. The molecular weight excluding hydrogens is 419 g/mol. The lowest BCUT2D eigenvalue weighted by Gasteiger charge is -2.30. The molecular formula is C20H21ClF3N5O. The number of amides is 1. The molecule has 1 fully saturated rings. The van der Waals surface area contributed by atoms with Crippen LogP contribution in [0, 0.1) is 0 Å². The Kier molecular flexibility index (Phi) is 5.36. The standard InChI is InChI=1S/C20H21ClF3N5O/c1-27(2)10-12-4-5-14-13(8-12)17-18(29(14)11-20(22,23)24)19(21)26-15(25-17)9-16(30)28-6-3-7-28/h4-5,8H,3,6-7,9-11H2,1-2H3. The van der Waals surface area contributed by atoms with Gasteiger partial charge in [-0.25, -0.2) is 9.97 Å². The first-order chi connectivity index (χ1) is 14.1. The molecule has 2 aromatic heterocycles. The summed E-state index contributed by atoms with van der Waals surface area (Å²) in [5, 5.41) is 0.483. The molecule has 0 N–H and O–H groups in total. The number of carbonyl (C=O) groups excluding carboxylic acids is 1. The van der Waals surface area contributed by atoms with Gasteiger partial charge in [0.15, 0.2) is 5.15 Å². The van der Waals surface area contributed by atoms with Gasteiger partial charge in [-0.3, -0.25) is 4.79 Å². The average Bonchev–Trinajstić information content (AvgIpc) is 2.85. The van der Waals surface area contributed by atoms with E-state index in [4.69, 9.17) is 11.6 Å². The van der Waals surface area contributed by atoms with Crippen LogP contribution < -0.4 is 0 Å². The van der Waals surface area contributed by atoms with Crippen molar-refractivity contribution in [3.05, 3.63) is 34.7 Å². The van der Waals surface area contributed by atoms with Gasteiger partial charge in [-0.2, -0.15) is 13.2 Å². The number of rotatable bonds is 5. The second-order valence-electron chi connectivity index (χ2n) is 7.83. The first kappa shape index (κ1) is 20.9. The van der Waals surface area contributed by atoms with Crippen molar-refractivity contribution in [1.82, 2.24) is 24.3 Å². The predicted molar refractivity (Wildman–Crippen MR) is 108 cm³/mol. The Bertz CT molecular complexity index is 1120. The highest BCUT2D eigenvalue weighted by molar-refractivity contribution is 6.34. The third-order valence-electron chi connectivity index (χ3n) is 5.12. The second kappa shape index (κ2) is 7.70. The smallest absolute Gasteiger partial charge is 0.342 e. The lowest BCUT2D eigenvalue weighted by atomic mass is 10.1. The van der Waals surface area contributed by atoms with Gasteiger partial charge < -0.3 is 14.4 Å². The summed E-state index contributed by atoms with van der Waals surface area (Å²) in [6.07, 6.45) is -3.50. The number of halogens is 4. The number of carbonyl (C=O) groups is 1. The van der Waals surface area contributed by atoms with Crippen LogP contribution in [-0.4, -0.2) is 63.6 Å². The Balaban J connectivity index is 1.87. The second-order valence-corrected chi connectivity index (χ2v) is 8.19. The summed E-state index contributed by atoms with van der Waals surface area (Å²) in [6, 6.07) is 5.28. The molecule has 3 aromatic rings. The summed E-state index contributed by atoms with van der Waals surface area (Å²) in [7, 11) is 3.82. The lowest BCUT2D eigenvalue weighted by molar-refractivity contribution is -0.139. The van der Waals surface area contributed by atoms with E-state index in [2.05, 4.69) is 9.97 Å². The quantitative estimate of drug-likeness (QED) is 0.570. The molecule has 0 spiro atoms. The maximum atomic E-state index is 13.3. The van der Waals surface area contributed by atoms with Gasteiger partial charge in [-0.05, 0) is 38.2 Å². The average molecular weight is 440 g/mol. The molecule has 3 heterocycles. The Hall–Kier alpha value is -2.39. The van der Waals surface area contributed by atoms with E-state index in [1.165, 1.54) is 0 Å². The Morgan fingerprint density at radius 2 is 1.97 bits per heavy atom. The molecule has 0 saturated carbocycles. The number of aromatic nitrogens is 3. The van der Waals surface area contributed by atoms with Crippen molar-refractivity contribution in [2.24, 2.45) is 0 Å². The van der Waals surface area contributed by atoms with Gasteiger partial charge in [0.1, 0.15) is 23.4 Å². The van der Waals surface area contributed by atoms with Gasteiger partial charge in [0, 0.05) is 25.0 Å². The molecule has 1 saturated heterocycles. The molecule has 10 heteroatoms. The van der Waals surface area contributed by atoms with E-state index >= 15 is 0 Å². The van der Waals surface area contributed by atoms with Crippen LogP contribution in [-0.2, 0) is 24.3 Å². The molecule has 0 radical (unpaired) electrons. The van der Waals surface area contributed by atoms with Gasteiger partial charge in [-0.15, -0.1) is 0 Å². The van der Waals surface area contributed by atoms with Crippen LogP contribution in [0.3, 0.4) is 0 Å². The van der Waals surface area contributed by atoms with Crippen molar-refractivity contribution in [3.63, 3.8) is 0 Å². The largest absolute Gasteiger partial charge is 0.406 e. The van der Waals surface area contributed by atoms with Crippen molar-refractivity contribution in [2.75, 3.05) is 27.2 Å². The topological polar surface area (TPSA) is 54.3 Å². The zero-order valence-electron chi connectivity index (χ0n) is 16.6. The number of alkyl halides is 3. The van der Waals surface area contributed by atoms with Crippen molar-refractivity contribution in [1.29, 1.82) is 0 Å². The van der Waals surface area contributed by atoms with E-state index in [0.29, 0.717) is 36.1 Å². The minimum Gasteiger partial charge on any atom is -0.342 e. The highest BCUT2D eigenvalue weighted by Gasteiger charge is 2.31. The summed E-state index contributed by atoms with van der Waals surface area (Å²) in [4.78, 5) is 24.6. The van der Waals surface area contributed by atoms with Gasteiger partial charge in [0.2, 0.25) is 5.91 Å². The monoisotopic (exact) mass is 439 g/mol. The summed E-state index contributed by atoms with van der Waals surface area (Å²) in [5.74, 6) is 0.109. The zero-order valence-corrected chi connectivity index (χ0v) is 17.4. The van der Waals surface area contributed by atoms with E-state index < -0.39 is 12.7 Å². The first-order valence-electron chi connectivity index (χ1n) is 9.59. The molecule has 30 heavy (non-hydrogen) atoms. The van der Waals surface area contributed by atoms with E-state index in [9.17, 15) is 18.0 Å². The molecule has 1 amide bonds. The molecule has 0 aliphatic carbocycles. The van der Waals surface area contributed by atoms with Crippen LogP contribution in [0.5, 0.6) is 0 Å². The number of benzene rings is 1. The highest BCUT2D eigenvalue weighted by atomic mass is 35.5. The molecule has 160 valence electrons. The highest BCUT2D eigenvalue weighted by Crippen LogP contribution is 2.34. The zero-order chi connectivity index (χ0) is 21.6. The Morgan fingerprint density at radius 1 is 1.23 bits per heavy atom. The van der Waals surface area contributed by atoms with Crippen molar-refractivity contribution in [2.45, 2.75) is 32.1 Å². The third kappa shape index (κ3) is 4.09. The number of likely N-dealkylation sites (tertiary alicyclic amines) is 1. The van der Waals surface area contributed by atoms with E-state index in [-0.39, 0.29) is 28.8 Å². The molecule has 0 bridgehead atoms. The fourth-order valence-electron chi connectivity index (χ4n) is 3.73. The van der Waals surface area contributed by atoms with Gasteiger partial charge >= 0.3 is 6.18 Å². The molecule has 1 aromatic carbocycles. The summed E-state index contributed by atoms with van der Waals surface area (Å²) < 4.78 is 40.9. The molecule has 0 atom stereocenters. The number of nitrogens with zero attached hydrogens (tertiary/aromatic N) is 5. The lowest BCUT2D eigenvalue weighted by Crippen LogP contribution is -2.43. The van der Waals surface area contributed by atoms with E-state index in [1.807, 2.05) is 25.1 Å². The van der Waals surface area contributed by atoms with E-state index in [0.717, 1.165) is 16.6 Å². The summed E-state index contributed by atoms with van der Waals surface area (Å²) >= 11 is 6.33. The minimum atomic E-state index is -4.43. The summed E-state index contributed by atoms with van der Waals surface area (Å²) in [5.41, 5.74) is 1.78. The van der Waals surface area contributed by atoms with E-state index in [1.54, 1.807) is 17.0 Å². The normalized spacial score (nSPS) is 14.7. The van der Waals surface area contributed by atoms with Crippen LogP contribution >= 0.6 is 11.6 Å². The van der Waals surface area contributed by atoms with Crippen molar-refractivity contribution >= 4 is 39.4 Å². The van der Waals surface area contributed by atoms with Crippen molar-refractivity contribution < 1.29 is 18.0 Å². The van der Waals surface area contributed by atoms with Gasteiger partial charge in [-0.1, -0.05) is 17.7 Å². The fourth-order valence-corrected chi connectivity index (χ4v) is 4.01. The van der Waals surface area contributed by atoms with Crippen LogP contribution in [0.15, 0.2) is 18.2 Å². The van der Waals surface area contributed by atoms with Crippen LogP contribution in [0.4, 0.5) is 13.2 Å². The van der Waals surface area contributed by atoms with Crippen LogP contribution in [0.2, 0.25) is 5.15 Å². The van der Waals surface area contributed by atoms with Gasteiger partial charge in [0.05, 0.1) is 11.9 Å². The summed E-state index contributed by atoms with van der Waals surface area (Å²) in [6.45, 7) is 0.831. The molecule has 1 aliphatic heterocycles. The van der Waals surface area contributed by atoms with Gasteiger partial charge in [0.25, 0.3) is 0 Å². The Labute approximate surface area is 176 Å². The SMILES string of the molecule is CN(C)Cc1ccc2c(c1)c1nc(CC(=O)N3CCC3)nc(Cl)c1n2CC(F)(F)F. The van der Waals surface area contributed by atoms with Crippen LogP contribution in [0.1, 0.15) is 17.8 Å². The maximum Gasteiger partial charge on any atom is 0.406 e. The number of fused-ring (bicyclic) bond motifs is 3. The number of hydrogen-bond donors (Lipinski definition) is 0. The first-order valence-corrected chi connectivity index (χ1v) is 9.96. The molecule has 4 rings (SSSR count). The minimum absolute atomic E-state index is 0.0288. The molecule has 1 aliphatic rings. The maximum absolute atomic E-state index is 13.3. The number of hydrogen-bond acceptors (Lipinski definition) is 4. The van der Waals surface area contributed by atoms with Crippen LogP contribution in [0.25, 0.3) is 21.9 Å². The third-order valence-corrected chi connectivity index (χ3v) is 5.38. The predicted octanol–water partition coefficient (Wildman–Crippen LogP) is 3.64. The molecule has 6 nitrogen and oxygen atoms in total.